The van der Waals surface area contributed by atoms with Crippen LogP contribution in [-0.4, -0.2) is 59.8 Å². The fraction of sp³-hybridized carbons (Fsp3) is 0. The number of fused-ring (bicyclic) bond motifs is 6. The van der Waals surface area contributed by atoms with Gasteiger partial charge in [-0.1, -0.05) is 294 Å². The van der Waals surface area contributed by atoms with Crippen molar-refractivity contribution in [2.45, 2.75) is 0 Å². The van der Waals surface area contributed by atoms with E-state index in [0.717, 1.165) is 112 Å². The monoisotopic (exact) mass is 1700 g/mol. The van der Waals surface area contributed by atoms with Crippen LogP contribution in [-0.2, 0) is 0 Å². The van der Waals surface area contributed by atoms with Crippen molar-refractivity contribution in [3.63, 3.8) is 0 Å². The van der Waals surface area contributed by atoms with E-state index in [9.17, 15) is 0 Å². The number of pyridine rings is 4. The Kier molecular flexibility index (Phi) is 21.3. The summed E-state index contributed by atoms with van der Waals surface area (Å²) in [5.41, 5.74) is 19.2. The van der Waals surface area contributed by atoms with Crippen molar-refractivity contribution in [3.05, 3.63) is 382 Å². The normalized spacial score (nSPS) is 11.0. The van der Waals surface area contributed by atoms with E-state index in [0.29, 0.717) is 45.9 Å². The van der Waals surface area contributed by atoms with Crippen LogP contribution in [0.2, 0.25) is 0 Å². The highest BCUT2D eigenvalue weighted by Crippen LogP contribution is 2.38. The second kappa shape index (κ2) is 33.1. The highest BCUT2D eigenvalue weighted by atomic mass is 79.9. The minimum atomic E-state index is 0.670. The van der Waals surface area contributed by atoms with Crippen LogP contribution in [0.15, 0.2) is 382 Å². The van der Waals surface area contributed by atoms with Gasteiger partial charge in [0.2, 0.25) is 0 Å². The molecule has 0 amide bonds. The highest BCUT2D eigenvalue weighted by molar-refractivity contribution is 9.11. The first kappa shape index (κ1) is 71.9. The summed E-state index contributed by atoms with van der Waals surface area (Å²) in [4.78, 5) is 56.4. The van der Waals surface area contributed by atoms with Crippen LogP contribution >= 0.6 is 63.7 Å². The predicted octanol–water partition coefficient (Wildman–Crippen LogP) is 26.1. The van der Waals surface area contributed by atoms with Crippen molar-refractivity contribution in [1.29, 1.82) is 0 Å². The molecule has 12 aromatic carbocycles. The third kappa shape index (κ3) is 16.1. The van der Waals surface area contributed by atoms with Gasteiger partial charge in [0.15, 0.2) is 45.9 Å². The molecule has 532 valence electrons. The lowest BCUT2D eigenvalue weighted by Crippen LogP contribution is -1.97. The van der Waals surface area contributed by atoms with Gasteiger partial charge in [-0.05, 0) is 153 Å². The molecular weight excluding hydrogens is 1640 g/mol. The fourth-order valence-corrected chi connectivity index (χ4v) is 14.4. The number of hydrogen-bond donors (Lipinski definition) is 0. The average molecular weight is 1700 g/mol. The van der Waals surface area contributed by atoms with Gasteiger partial charge in [-0.3, -0.25) is 0 Å². The first-order chi connectivity index (χ1) is 55.1. The molecule has 0 saturated carbocycles. The van der Waals surface area contributed by atoms with Crippen molar-refractivity contribution in [2.75, 3.05) is 0 Å². The lowest BCUT2D eigenvalue weighted by Gasteiger charge is -2.11. The van der Waals surface area contributed by atoms with E-state index in [1.807, 2.05) is 158 Å². The molecule has 0 spiro atoms. The number of halogens is 4. The molecule has 12 nitrogen and oxygen atoms in total. The van der Waals surface area contributed by atoms with E-state index in [1.165, 1.54) is 38.2 Å². The Morgan fingerprint density at radius 2 is 0.464 bits per heavy atom. The van der Waals surface area contributed by atoms with E-state index in [1.54, 1.807) is 24.8 Å². The van der Waals surface area contributed by atoms with Crippen LogP contribution in [0.1, 0.15) is 0 Å². The second-order valence-corrected chi connectivity index (χ2v) is 29.8. The minimum Gasteiger partial charge on any atom is -0.236 e. The van der Waals surface area contributed by atoms with E-state index >= 15 is 0 Å². The molecular formula is C96H60Br4N12. The highest BCUT2D eigenvalue weighted by Gasteiger charge is 2.19. The standard InChI is InChI=1S/2C25H16BrN3.2C23H14BrN3/c26-21-13-11-18(12-14-21)24-28-23(22-10-5-15-27-25(22)29-24)20-9-4-8-19(16-20)17-6-2-1-3-7-17;26-21-14-12-20(13-15-21)24-28-23(22-7-4-16-27-25(22)29-24)19-10-8-18(9-11-19)17-5-2-1-3-6-17;24-17-12-10-16(11-13-17)22-26-21(20-9-4-14-25-23(20)27-22)19-8-3-6-15-5-1-2-7-18(15)19;24-19-11-9-16(10-12-19)22-26-21(20-6-3-13-25-23(20)27-22)18-8-7-15-4-1-2-5-17(15)14-18/h2*1-16H;2*1-14H. The largest absolute Gasteiger partial charge is 0.236 e. The Hall–Kier alpha value is -13.0. The molecule has 16 heteroatoms. The molecule has 0 atom stereocenters. The third-order valence-electron chi connectivity index (χ3n) is 18.9. The van der Waals surface area contributed by atoms with Gasteiger partial charge < -0.3 is 0 Å². The van der Waals surface area contributed by atoms with Gasteiger partial charge in [0.05, 0.1) is 22.8 Å². The Balaban J connectivity index is 0.000000108. The van der Waals surface area contributed by atoms with Gasteiger partial charge in [-0.2, -0.15) is 0 Å². The van der Waals surface area contributed by atoms with Crippen LogP contribution in [0.5, 0.6) is 0 Å². The molecule has 0 bridgehead atoms. The first-order valence-electron chi connectivity index (χ1n) is 36.0. The lowest BCUT2D eigenvalue weighted by molar-refractivity contribution is 1.19. The van der Waals surface area contributed by atoms with Crippen molar-refractivity contribution in [3.8, 4) is 113 Å². The Labute approximate surface area is 678 Å². The van der Waals surface area contributed by atoms with E-state index < -0.39 is 0 Å². The molecule has 8 heterocycles. The molecule has 112 heavy (non-hydrogen) atoms. The smallest absolute Gasteiger partial charge is 0.163 e. The fourth-order valence-electron chi connectivity index (χ4n) is 13.3. The molecule has 0 radical (unpaired) electrons. The van der Waals surface area contributed by atoms with Crippen molar-refractivity contribution in [1.82, 2.24) is 59.8 Å². The van der Waals surface area contributed by atoms with Gasteiger partial charge in [-0.25, -0.2) is 59.8 Å². The Bertz CT molecular complexity index is 6780. The summed E-state index contributed by atoms with van der Waals surface area (Å²) in [6.07, 6.45) is 7.08. The van der Waals surface area contributed by atoms with Crippen LogP contribution < -0.4 is 0 Å². The maximum atomic E-state index is 4.95. The molecule has 0 aliphatic carbocycles. The minimum absolute atomic E-state index is 0.670. The van der Waals surface area contributed by atoms with E-state index in [4.69, 9.17) is 29.9 Å². The van der Waals surface area contributed by atoms with Gasteiger partial charge in [0.1, 0.15) is 0 Å². The Morgan fingerprint density at radius 3 is 0.920 bits per heavy atom. The summed E-state index contributed by atoms with van der Waals surface area (Å²) in [6, 6.07) is 115. The molecule has 20 rings (SSSR count). The summed E-state index contributed by atoms with van der Waals surface area (Å²) in [7, 11) is 0. The van der Waals surface area contributed by atoms with Crippen molar-refractivity contribution in [2.24, 2.45) is 0 Å². The zero-order valence-corrected chi connectivity index (χ0v) is 65.9. The molecule has 0 aliphatic heterocycles. The number of aromatic nitrogens is 12. The molecule has 0 saturated heterocycles. The van der Waals surface area contributed by atoms with Crippen molar-refractivity contribution >= 4 is 129 Å². The molecule has 0 fully saturated rings. The predicted molar refractivity (Wildman–Crippen MR) is 470 cm³/mol. The van der Waals surface area contributed by atoms with E-state index in [2.05, 4.69) is 276 Å². The number of benzene rings is 12. The molecule has 8 aromatic heterocycles. The summed E-state index contributed by atoms with van der Waals surface area (Å²) >= 11 is 13.9. The lowest BCUT2D eigenvalue weighted by atomic mass is 10.00. The third-order valence-corrected chi connectivity index (χ3v) is 21.0. The zero-order valence-electron chi connectivity index (χ0n) is 59.5. The van der Waals surface area contributed by atoms with Crippen LogP contribution in [0.4, 0.5) is 0 Å². The summed E-state index contributed by atoms with van der Waals surface area (Å²) < 4.78 is 4.10. The molecule has 0 aliphatic rings. The maximum Gasteiger partial charge on any atom is 0.163 e. The Morgan fingerprint density at radius 1 is 0.170 bits per heavy atom. The molecule has 0 N–H and O–H groups in total. The SMILES string of the molecule is Brc1ccc(-c2nc(-c3ccc(-c4ccccc4)cc3)c3cccnc3n2)cc1.Brc1ccc(-c2nc(-c3ccc4ccccc4c3)c3cccnc3n2)cc1.Brc1ccc(-c2nc(-c3cccc(-c4ccccc4)c3)c3cccnc3n2)cc1.Brc1ccc(-c2nc(-c3cccc4ccccc34)c3cccnc3n2)cc1. The topological polar surface area (TPSA) is 155 Å². The maximum absolute atomic E-state index is 4.95. The molecule has 20 aromatic rings. The van der Waals surface area contributed by atoms with Gasteiger partial charge in [0.25, 0.3) is 0 Å². The quantitative estimate of drug-likeness (QED) is 0.128. The van der Waals surface area contributed by atoms with Gasteiger partial charge >= 0.3 is 0 Å². The van der Waals surface area contributed by atoms with Gasteiger partial charge in [0, 0.05) is 109 Å². The average Bonchev–Trinajstić information content (AvgIpc) is 0.756. The van der Waals surface area contributed by atoms with E-state index in [-0.39, 0.29) is 0 Å². The number of rotatable bonds is 10. The second-order valence-electron chi connectivity index (χ2n) is 26.1. The number of hydrogen-bond acceptors (Lipinski definition) is 12. The van der Waals surface area contributed by atoms with Crippen LogP contribution in [0, 0.1) is 0 Å². The summed E-state index contributed by atoms with van der Waals surface area (Å²) in [5.74, 6) is 2.70. The summed E-state index contributed by atoms with van der Waals surface area (Å²) in [6.45, 7) is 0. The first-order valence-corrected chi connectivity index (χ1v) is 39.1. The molecule has 0 unspecified atom stereocenters. The number of nitrogens with zero attached hydrogens (tertiary/aromatic N) is 12. The van der Waals surface area contributed by atoms with Crippen LogP contribution in [0.3, 0.4) is 0 Å². The van der Waals surface area contributed by atoms with Gasteiger partial charge in [-0.15, -0.1) is 0 Å². The van der Waals surface area contributed by atoms with Crippen molar-refractivity contribution < 1.29 is 0 Å². The van der Waals surface area contributed by atoms with Crippen LogP contribution in [0.25, 0.3) is 179 Å². The zero-order chi connectivity index (χ0) is 75.7. The summed E-state index contributed by atoms with van der Waals surface area (Å²) in [5, 5.41) is 8.56.